The van der Waals surface area contributed by atoms with Crippen LogP contribution in [-0.2, 0) is 28.5 Å². The zero-order chi connectivity index (χ0) is 20.4. The second kappa shape index (κ2) is 9.19. The van der Waals surface area contributed by atoms with Gasteiger partial charge in [-0.1, -0.05) is 23.7 Å². The zero-order valence-electron chi connectivity index (χ0n) is 16.5. The van der Waals surface area contributed by atoms with E-state index in [9.17, 15) is 0 Å². The average Bonchev–Trinajstić information content (AvgIpc) is 3.11. The molecule has 154 valence electrons. The Morgan fingerprint density at radius 2 is 2.00 bits per heavy atom. The van der Waals surface area contributed by atoms with Crippen LogP contribution in [-0.4, -0.2) is 25.3 Å². The Bertz CT molecular complexity index is 1000. The van der Waals surface area contributed by atoms with E-state index in [2.05, 4.69) is 0 Å². The molecular formula is C22H23Cl2NO3S. The molecule has 1 atom stereocenters. The Morgan fingerprint density at radius 3 is 2.69 bits per heavy atom. The van der Waals surface area contributed by atoms with Crippen molar-refractivity contribution in [2.24, 2.45) is 5.92 Å². The third-order valence-corrected chi connectivity index (χ3v) is 7.13. The highest BCUT2D eigenvalue weighted by atomic mass is 35.5. The molecule has 1 aliphatic carbocycles. The molecule has 4 nitrogen and oxygen atoms in total. The molecule has 1 unspecified atom stereocenters. The highest BCUT2D eigenvalue weighted by Crippen LogP contribution is 2.45. The van der Waals surface area contributed by atoms with Gasteiger partial charge in [-0.2, -0.15) is 0 Å². The van der Waals surface area contributed by atoms with Crippen molar-refractivity contribution >= 4 is 44.8 Å². The van der Waals surface area contributed by atoms with Crippen molar-refractivity contribution in [3.8, 4) is 16.9 Å². The summed E-state index contributed by atoms with van der Waals surface area (Å²) in [7, 11) is 1.67. The summed E-state index contributed by atoms with van der Waals surface area (Å²) in [6.07, 6.45) is 3.01. The van der Waals surface area contributed by atoms with Crippen LogP contribution >= 0.6 is 34.5 Å². The lowest BCUT2D eigenvalue weighted by Crippen LogP contribution is -2.18. The number of aromatic nitrogens is 1. The predicted octanol–water partition coefficient (Wildman–Crippen LogP) is 6.44. The Morgan fingerprint density at radius 1 is 1.21 bits per heavy atom. The van der Waals surface area contributed by atoms with Crippen molar-refractivity contribution < 1.29 is 14.5 Å². The fraction of sp³-hybridized carbons (Fsp3) is 0.409. The largest absolute Gasteiger partial charge is 0.497 e. The maximum atomic E-state index is 6.80. The van der Waals surface area contributed by atoms with Crippen LogP contribution in [0.5, 0.6) is 5.75 Å². The molecule has 7 heteroatoms. The molecule has 0 radical (unpaired) electrons. The van der Waals surface area contributed by atoms with Crippen LogP contribution in [0.1, 0.15) is 29.5 Å². The van der Waals surface area contributed by atoms with Crippen LogP contribution in [0.25, 0.3) is 21.3 Å². The van der Waals surface area contributed by atoms with Gasteiger partial charge in [0.1, 0.15) is 10.6 Å². The summed E-state index contributed by atoms with van der Waals surface area (Å²) >= 11 is 14.7. The van der Waals surface area contributed by atoms with E-state index < -0.39 is 0 Å². The first kappa shape index (κ1) is 20.9. The minimum Gasteiger partial charge on any atom is -0.497 e. The van der Waals surface area contributed by atoms with Crippen molar-refractivity contribution in [1.29, 1.82) is 0 Å². The minimum atomic E-state index is 0.283. The molecule has 3 aromatic rings. The first-order chi connectivity index (χ1) is 14.2. The van der Waals surface area contributed by atoms with Gasteiger partial charge in [0.25, 0.3) is 0 Å². The Labute approximate surface area is 184 Å². The first-order valence-corrected chi connectivity index (χ1v) is 11.5. The number of halogens is 2. The van der Waals surface area contributed by atoms with E-state index in [-0.39, 0.29) is 5.88 Å². The number of thiophene rings is 1. The summed E-state index contributed by atoms with van der Waals surface area (Å²) in [5.74, 6) is 1.55. The van der Waals surface area contributed by atoms with Gasteiger partial charge in [0.15, 0.2) is 0 Å². The Kier molecular flexibility index (Phi) is 6.62. The molecule has 0 aliphatic heterocycles. The number of ether oxygens (including phenoxy) is 1. The molecule has 1 aromatic carbocycles. The molecule has 2 heterocycles. The molecule has 0 saturated heterocycles. The van der Waals surface area contributed by atoms with Crippen LogP contribution in [0.15, 0.2) is 24.3 Å². The maximum absolute atomic E-state index is 6.80. The fourth-order valence-electron chi connectivity index (χ4n) is 3.89. The summed E-state index contributed by atoms with van der Waals surface area (Å²) in [5, 5.41) is 1.80. The molecule has 2 aromatic heterocycles. The highest BCUT2D eigenvalue weighted by Gasteiger charge is 2.27. The molecule has 0 saturated carbocycles. The predicted molar refractivity (Wildman–Crippen MR) is 119 cm³/mol. The van der Waals surface area contributed by atoms with Gasteiger partial charge in [0, 0.05) is 15.8 Å². The van der Waals surface area contributed by atoms with E-state index in [1.807, 2.05) is 31.2 Å². The van der Waals surface area contributed by atoms with Crippen LogP contribution in [0.3, 0.4) is 0 Å². The highest BCUT2D eigenvalue weighted by molar-refractivity contribution is 7.19. The topological polar surface area (TPSA) is 40.6 Å². The van der Waals surface area contributed by atoms with Crippen molar-refractivity contribution in [3.63, 3.8) is 0 Å². The molecule has 0 spiro atoms. The second-order valence-corrected chi connectivity index (χ2v) is 8.82. The number of nitrogens with zero attached hydrogens (tertiary/aromatic N) is 1. The van der Waals surface area contributed by atoms with Gasteiger partial charge >= 0.3 is 0 Å². The minimum absolute atomic E-state index is 0.283. The van der Waals surface area contributed by atoms with Crippen molar-refractivity contribution in [2.45, 2.75) is 32.1 Å². The molecule has 4 rings (SSSR count). The van der Waals surface area contributed by atoms with Gasteiger partial charge in [0.2, 0.25) is 0 Å². The normalized spacial score (nSPS) is 16.2. The number of hydrogen-bond donors (Lipinski definition) is 0. The third-order valence-electron chi connectivity index (χ3n) is 5.32. The number of alkyl halides is 1. The number of hydrogen-bond acceptors (Lipinski definition) is 5. The van der Waals surface area contributed by atoms with E-state index in [4.69, 9.17) is 42.7 Å². The lowest BCUT2D eigenvalue weighted by atomic mass is 9.86. The zero-order valence-corrected chi connectivity index (χ0v) is 18.8. The number of aryl methyl sites for hydroxylation is 1. The molecular weight excluding hydrogens is 429 g/mol. The smallest absolute Gasteiger partial charge is 0.124 e. The van der Waals surface area contributed by atoms with E-state index in [0.29, 0.717) is 24.2 Å². The van der Waals surface area contributed by atoms with Gasteiger partial charge in [-0.15, -0.1) is 22.9 Å². The molecule has 1 aliphatic rings. The van der Waals surface area contributed by atoms with Crippen molar-refractivity contribution in [2.75, 3.05) is 20.3 Å². The fourth-order valence-corrected chi connectivity index (χ4v) is 5.83. The van der Waals surface area contributed by atoms with Crippen molar-refractivity contribution in [1.82, 2.24) is 4.98 Å². The Balaban J connectivity index is 1.79. The molecule has 0 amide bonds. The first-order valence-electron chi connectivity index (χ1n) is 9.73. The van der Waals surface area contributed by atoms with Crippen molar-refractivity contribution in [3.05, 3.63) is 45.4 Å². The lowest BCUT2D eigenvalue weighted by molar-refractivity contribution is -0.298. The summed E-state index contributed by atoms with van der Waals surface area (Å²) in [5.41, 5.74) is 4.16. The summed E-state index contributed by atoms with van der Waals surface area (Å²) in [6.45, 7) is 3.11. The summed E-state index contributed by atoms with van der Waals surface area (Å²) in [4.78, 5) is 17.6. The molecule has 0 bridgehead atoms. The van der Waals surface area contributed by atoms with E-state index in [1.54, 1.807) is 18.4 Å². The Hall–Kier alpha value is -1.37. The van der Waals surface area contributed by atoms with Crippen LogP contribution in [0.2, 0.25) is 5.02 Å². The van der Waals surface area contributed by atoms with Crippen LogP contribution in [0.4, 0.5) is 0 Å². The molecule has 29 heavy (non-hydrogen) atoms. The average molecular weight is 452 g/mol. The van der Waals surface area contributed by atoms with E-state index in [1.165, 1.54) is 15.8 Å². The van der Waals surface area contributed by atoms with Crippen LogP contribution in [0, 0.1) is 5.92 Å². The maximum Gasteiger partial charge on any atom is 0.124 e. The quantitative estimate of drug-likeness (QED) is 0.179. The van der Waals surface area contributed by atoms with E-state index >= 15 is 0 Å². The van der Waals surface area contributed by atoms with Gasteiger partial charge < -0.3 is 4.74 Å². The number of benzene rings is 1. The number of rotatable bonds is 7. The SMILES string of the molecule is CCOOCC1CCc2c(sc3nc(CCl)c(Cl)c(-c4ccc(OC)cc4)c23)C1. The summed E-state index contributed by atoms with van der Waals surface area (Å²) < 4.78 is 5.31. The van der Waals surface area contributed by atoms with E-state index in [0.717, 1.165) is 46.7 Å². The monoisotopic (exact) mass is 451 g/mol. The van der Waals surface area contributed by atoms with Gasteiger partial charge in [-0.25, -0.2) is 14.8 Å². The third kappa shape index (κ3) is 4.12. The van der Waals surface area contributed by atoms with Gasteiger partial charge in [-0.05, 0) is 55.4 Å². The standard InChI is InChI=1S/C22H23Cl2NO3S/c1-3-27-28-12-13-4-9-16-18(10-13)29-22-20(16)19(21(24)17(11-23)25-22)14-5-7-15(26-2)8-6-14/h5-8,13H,3-4,9-12H2,1-2H3. The van der Waals surface area contributed by atoms with Gasteiger partial charge in [-0.3, -0.25) is 0 Å². The number of fused-ring (bicyclic) bond motifs is 3. The number of pyridine rings is 1. The number of methoxy groups -OCH3 is 1. The summed E-state index contributed by atoms with van der Waals surface area (Å²) in [6, 6.07) is 8.00. The molecule has 0 N–H and O–H groups in total. The van der Waals surface area contributed by atoms with Gasteiger partial charge in [0.05, 0.1) is 36.9 Å². The second-order valence-electron chi connectivity index (χ2n) is 7.09. The lowest BCUT2D eigenvalue weighted by Gasteiger charge is -2.22. The molecule has 0 fully saturated rings. The van der Waals surface area contributed by atoms with Crippen LogP contribution < -0.4 is 4.74 Å².